The molecular formula is C16H23ClFN. The van der Waals surface area contributed by atoms with Gasteiger partial charge in [0.05, 0.1) is 0 Å². The van der Waals surface area contributed by atoms with Crippen LogP contribution in [-0.4, -0.2) is 13.1 Å². The van der Waals surface area contributed by atoms with Crippen LogP contribution in [0.15, 0.2) is 18.2 Å². The summed E-state index contributed by atoms with van der Waals surface area (Å²) in [6.45, 7) is 4.13. The van der Waals surface area contributed by atoms with Gasteiger partial charge in [0.2, 0.25) is 0 Å². The van der Waals surface area contributed by atoms with Crippen LogP contribution in [0, 0.1) is 11.2 Å². The Morgan fingerprint density at radius 3 is 2.68 bits per heavy atom. The lowest BCUT2D eigenvalue weighted by Crippen LogP contribution is -2.38. The van der Waals surface area contributed by atoms with E-state index in [4.69, 9.17) is 11.6 Å². The lowest BCUT2D eigenvalue weighted by atomic mass is 9.70. The molecule has 106 valence electrons. The Kier molecular flexibility index (Phi) is 5.23. The first kappa shape index (κ1) is 14.8. The van der Waals surface area contributed by atoms with Gasteiger partial charge in [-0.2, -0.15) is 0 Å². The van der Waals surface area contributed by atoms with Crippen LogP contribution in [0.25, 0.3) is 0 Å². The number of hydrogen-bond acceptors (Lipinski definition) is 1. The van der Waals surface area contributed by atoms with Gasteiger partial charge in [0.25, 0.3) is 0 Å². The number of hydrogen-bond donors (Lipinski definition) is 1. The van der Waals surface area contributed by atoms with E-state index in [-0.39, 0.29) is 11.2 Å². The van der Waals surface area contributed by atoms with Gasteiger partial charge in [-0.15, -0.1) is 0 Å². The zero-order valence-corrected chi connectivity index (χ0v) is 12.4. The maximum absolute atomic E-state index is 13.4. The zero-order valence-electron chi connectivity index (χ0n) is 11.6. The second kappa shape index (κ2) is 6.71. The Morgan fingerprint density at radius 2 is 2.00 bits per heavy atom. The average molecular weight is 284 g/mol. The van der Waals surface area contributed by atoms with Gasteiger partial charge in [-0.1, -0.05) is 37.8 Å². The number of benzene rings is 1. The van der Waals surface area contributed by atoms with Crippen molar-refractivity contribution in [2.45, 2.75) is 45.4 Å². The molecule has 0 heterocycles. The van der Waals surface area contributed by atoms with Gasteiger partial charge < -0.3 is 5.32 Å². The smallest absolute Gasteiger partial charge is 0.123 e. The molecule has 0 unspecified atom stereocenters. The predicted molar refractivity (Wildman–Crippen MR) is 79.2 cm³/mol. The SMILES string of the molecule is CCNCC1(Cc2cc(F)ccc2Cl)CCCCC1. The quantitative estimate of drug-likeness (QED) is 0.834. The van der Waals surface area contributed by atoms with Crippen LogP contribution in [0.3, 0.4) is 0 Å². The molecule has 1 aliphatic carbocycles. The lowest BCUT2D eigenvalue weighted by Gasteiger charge is -2.38. The zero-order chi connectivity index (χ0) is 13.7. The number of nitrogens with one attached hydrogen (secondary N) is 1. The van der Waals surface area contributed by atoms with E-state index in [0.29, 0.717) is 5.02 Å². The van der Waals surface area contributed by atoms with Crippen molar-refractivity contribution in [3.63, 3.8) is 0 Å². The maximum Gasteiger partial charge on any atom is 0.123 e. The highest BCUT2D eigenvalue weighted by Crippen LogP contribution is 2.40. The minimum absolute atomic E-state index is 0.186. The first-order chi connectivity index (χ1) is 9.15. The first-order valence-corrected chi connectivity index (χ1v) is 7.68. The molecule has 1 aromatic carbocycles. The third kappa shape index (κ3) is 3.93. The van der Waals surface area contributed by atoms with Gasteiger partial charge >= 0.3 is 0 Å². The third-order valence-corrected chi connectivity index (χ3v) is 4.61. The fourth-order valence-corrected chi connectivity index (χ4v) is 3.38. The minimum atomic E-state index is -0.186. The summed E-state index contributed by atoms with van der Waals surface area (Å²) in [5.74, 6) is -0.186. The maximum atomic E-state index is 13.4. The third-order valence-electron chi connectivity index (χ3n) is 4.24. The fraction of sp³-hybridized carbons (Fsp3) is 0.625. The molecule has 1 aromatic rings. The van der Waals surface area contributed by atoms with Crippen molar-refractivity contribution in [1.82, 2.24) is 5.32 Å². The van der Waals surface area contributed by atoms with Crippen LogP contribution >= 0.6 is 11.6 Å². The summed E-state index contributed by atoms with van der Waals surface area (Å²) in [5.41, 5.74) is 1.22. The highest BCUT2D eigenvalue weighted by atomic mass is 35.5. The molecule has 0 aliphatic heterocycles. The van der Waals surface area contributed by atoms with E-state index in [0.717, 1.165) is 25.1 Å². The highest BCUT2D eigenvalue weighted by Gasteiger charge is 2.32. The molecule has 0 radical (unpaired) electrons. The normalized spacial score (nSPS) is 18.5. The monoisotopic (exact) mass is 283 g/mol. The summed E-state index contributed by atoms with van der Waals surface area (Å²) >= 11 is 6.22. The van der Waals surface area contributed by atoms with Gasteiger partial charge in [-0.3, -0.25) is 0 Å². The molecule has 1 aliphatic rings. The van der Waals surface area contributed by atoms with Crippen LogP contribution in [0.4, 0.5) is 4.39 Å². The van der Waals surface area contributed by atoms with Crippen molar-refractivity contribution < 1.29 is 4.39 Å². The van der Waals surface area contributed by atoms with Crippen molar-refractivity contribution >= 4 is 11.6 Å². The largest absolute Gasteiger partial charge is 0.316 e. The van der Waals surface area contributed by atoms with Crippen LogP contribution in [0.2, 0.25) is 5.02 Å². The Morgan fingerprint density at radius 1 is 1.26 bits per heavy atom. The summed E-state index contributed by atoms with van der Waals surface area (Å²) in [5, 5.41) is 4.17. The molecule has 0 spiro atoms. The van der Waals surface area contributed by atoms with Gasteiger partial charge in [0.1, 0.15) is 5.82 Å². The minimum Gasteiger partial charge on any atom is -0.316 e. The molecule has 1 N–H and O–H groups in total. The second-order valence-electron chi connectivity index (χ2n) is 5.75. The Bertz CT molecular complexity index is 413. The second-order valence-corrected chi connectivity index (χ2v) is 6.16. The molecule has 0 bridgehead atoms. The molecule has 1 fully saturated rings. The van der Waals surface area contributed by atoms with E-state index in [1.54, 1.807) is 12.1 Å². The van der Waals surface area contributed by atoms with E-state index < -0.39 is 0 Å². The van der Waals surface area contributed by atoms with Gasteiger partial charge in [0, 0.05) is 11.6 Å². The Balaban J connectivity index is 2.16. The molecule has 0 amide bonds. The van der Waals surface area contributed by atoms with Crippen molar-refractivity contribution in [3.8, 4) is 0 Å². The predicted octanol–water partition coefficient (Wildman–Crippen LogP) is 4.58. The molecule has 2 rings (SSSR count). The first-order valence-electron chi connectivity index (χ1n) is 7.30. The van der Waals surface area contributed by atoms with E-state index in [1.165, 1.54) is 38.2 Å². The fourth-order valence-electron chi connectivity index (χ4n) is 3.19. The van der Waals surface area contributed by atoms with Gasteiger partial charge in [-0.25, -0.2) is 4.39 Å². The molecule has 0 aromatic heterocycles. The van der Waals surface area contributed by atoms with Crippen LogP contribution in [0.5, 0.6) is 0 Å². The number of rotatable bonds is 5. The molecule has 3 heteroatoms. The molecule has 1 saturated carbocycles. The van der Waals surface area contributed by atoms with Gasteiger partial charge in [0.15, 0.2) is 0 Å². The van der Waals surface area contributed by atoms with E-state index in [9.17, 15) is 4.39 Å². The van der Waals surface area contributed by atoms with Crippen LogP contribution in [0.1, 0.15) is 44.6 Å². The molecule has 0 saturated heterocycles. The van der Waals surface area contributed by atoms with Crippen molar-refractivity contribution in [1.29, 1.82) is 0 Å². The van der Waals surface area contributed by atoms with Crippen molar-refractivity contribution in [2.75, 3.05) is 13.1 Å². The topological polar surface area (TPSA) is 12.0 Å². The molecule has 19 heavy (non-hydrogen) atoms. The summed E-state index contributed by atoms with van der Waals surface area (Å²) in [4.78, 5) is 0. The average Bonchev–Trinajstić information content (AvgIpc) is 2.42. The summed E-state index contributed by atoms with van der Waals surface area (Å²) in [7, 11) is 0. The standard InChI is InChI=1S/C16H23ClFN/c1-2-19-12-16(8-4-3-5-9-16)11-13-10-14(18)6-7-15(13)17/h6-7,10,19H,2-5,8-9,11-12H2,1H3. The Labute approximate surface area is 120 Å². The molecule has 0 atom stereocenters. The van der Waals surface area contributed by atoms with Crippen molar-refractivity contribution in [2.24, 2.45) is 5.41 Å². The van der Waals surface area contributed by atoms with E-state index in [2.05, 4.69) is 12.2 Å². The number of halogens is 2. The van der Waals surface area contributed by atoms with Crippen LogP contribution < -0.4 is 5.32 Å². The summed E-state index contributed by atoms with van der Waals surface area (Å²) in [6.07, 6.45) is 7.19. The summed E-state index contributed by atoms with van der Waals surface area (Å²) < 4.78 is 13.4. The van der Waals surface area contributed by atoms with E-state index >= 15 is 0 Å². The Hall–Kier alpha value is -0.600. The molecular weight excluding hydrogens is 261 g/mol. The van der Waals surface area contributed by atoms with Crippen molar-refractivity contribution in [3.05, 3.63) is 34.6 Å². The van der Waals surface area contributed by atoms with E-state index in [1.807, 2.05) is 0 Å². The van der Waals surface area contributed by atoms with Crippen LogP contribution in [-0.2, 0) is 6.42 Å². The summed E-state index contributed by atoms with van der Waals surface area (Å²) in [6, 6.07) is 4.71. The highest BCUT2D eigenvalue weighted by molar-refractivity contribution is 6.31. The lowest BCUT2D eigenvalue weighted by molar-refractivity contribution is 0.182. The van der Waals surface area contributed by atoms with Gasteiger partial charge in [-0.05, 0) is 55.0 Å². The molecule has 1 nitrogen and oxygen atoms in total.